The van der Waals surface area contributed by atoms with Crippen LogP contribution >= 0.6 is 34.8 Å². The van der Waals surface area contributed by atoms with Crippen LogP contribution in [0.1, 0.15) is 18.4 Å². The molecule has 0 radical (unpaired) electrons. The standard InChI is InChI=1S/C11H11Cl3N2O/c1-2-15-6-7-3-4-8-9(5-7)17-10(16-8)11(12,13)14/h3-5,15H,2,6H2,1H3. The molecule has 0 spiro atoms. The van der Waals surface area contributed by atoms with Gasteiger partial charge in [0.05, 0.1) is 0 Å². The van der Waals surface area contributed by atoms with Gasteiger partial charge >= 0.3 is 0 Å². The zero-order valence-electron chi connectivity index (χ0n) is 9.14. The van der Waals surface area contributed by atoms with Crippen LogP contribution in [0.3, 0.4) is 0 Å². The highest BCUT2D eigenvalue weighted by molar-refractivity contribution is 6.66. The summed E-state index contributed by atoms with van der Waals surface area (Å²) in [7, 11) is 0. The molecule has 92 valence electrons. The Labute approximate surface area is 114 Å². The van der Waals surface area contributed by atoms with Gasteiger partial charge in [-0.3, -0.25) is 0 Å². The quantitative estimate of drug-likeness (QED) is 0.876. The Balaban J connectivity index is 2.34. The van der Waals surface area contributed by atoms with Crippen LogP contribution in [0.2, 0.25) is 0 Å². The average molecular weight is 294 g/mol. The maximum atomic E-state index is 5.72. The van der Waals surface area contributed by atoms with Crippen molar-refractivity contribution in [2.45, 2.75) is 17.3 Å². The van der Waals surface area contributed by atoms with Gasteiger partial charge in [0, 0.05) is 6.54 Å². The van der Waals surface area contributed by atoms with E-state index in [4.69, 9.17) is 39.2 Å². The lowest BCUT2D eigenvalue weighted by Crippen LogP contribution is -2.11. The number of oxazole rings is 1. The first-order valence-corrected chi connectivity index (χ1v) is 6.31. The van der Waals surface area contributed by atoms with Gasteiger partial charge in [0.15, 0.2) is 5.58 Å². The van der Waals surface area contributed by atoms with E-state index in [0.717, 1.165) is 18.7 Å². The Bertz CT molecular complexity index is 519. The Hall–Kier alpha value is -0.480. The van der Waals surface area contributed by atoms with E-state index in [1.165, 1.54) is 0 Å². The molecule has 1 aromatic heterocycles. The minimum atomic E-state index is -1.62. The van der Waals surface area contributed by atoms with E-state index in [-0.39, 0.29) is 5.89 Å². The first-order valence-electron chi connectivity index (χ1n) is 5.18. The summed E-state index contributed by atoms with van der Waals surface area (Å²) in [6, 6.07) is 5.71. The van der Waals surface area contributed by atoms with Crippen molar-refractivity contribution >= 4 is 45.9 Å². The largest absolute Gasteiger partial charge is 0.436 e. The number of aromatic nitrogens is 1. The zero-order valence-corrected chi connectivity index (χ0v) is 11.4. The summed E-state index contributed by atoms with van der Waals surface area (Å²) >= 11 is 17.1. The highest BCUT2D eigenvalue weighted by atomic mass is 35.6. The second-order valence-corrected chi connectivity index (χ2v) is 5.88. The Kier molecular flexibility index (Phi) is 3.83. The molecular weight excluding hydrogens is 282 g/mol. The Morgan fingerprint density at radius 3 is 2.76 bits per heavy atom. The lowest BCUT2D eigenvalue weighted by molar-refractivity contribution is 0.539. The number of fused-ring (bicyclic) bond motifs is 1. The van der Waals surface area contributed by atoms with Crippen molar-refractivity contribution in [1.82, 2.24) is 10.3 Å². The number of rotatable bonds is 3. The van der Waals surface area contributed by atoms with Crippen molar-refractivity contribution in [3.63, 3.8) is 0 Å². The van der Waals surface area contributed by atoms with Crippen LogP contribution in [0.5, 0.6) is 0 Å². The van der Waals surface area contributed by atoms with E-state index in [9.17, 15) is 0 Å². The highest BCUT2D eigenvalue weighted by Crippen LogP contribution is 2.38. The van der Waals surface area contributed by atoms with Gasteiger partial charge < -0.3 is 9.73 Å². The molecule has 3 nitrogen and oxygen atoms in total. The predicted molar refractivity (Wildman–Crippen MR) is 70.6 cm³/mol. The first kappa shape index (κ1) is 13.0. The molecule has 0 unspecified atom stereocenters. The second kappa shape index (κ2) is 5.02. The molecule has 1 N–H and O–H groups in total. The van der Waals surface area contributed by atoms with Crippen molar-refractivity contribution < 1.29 is 4.42 Å². The fourth-order valence-electron chi connectivity index (χ4n) is 1.47. The van der Waals surface area contributed by atoms with Gasteiger partial charge in [0.25, 0.3) is 3.79 Å². The van der Waals surface area contributed by atoms with Crippen molar-refractivity contribution in [3.05, 3.63) is 29.7 Å². The molecule has 2 aromatic rings. The van der Waals surface area contributed by atoms with Crippen LogP contribution in [0.4, 0.5) is 0 Å². The topological polar surface area (TPSA) is 38.1 Å². The summed E-state index contributed by atoms with van der Waals surface area (Å²) in [5.74, 6) is 0.0955. The van der Waals surface area contributed by atoms with E-state index in [2.05, 4.69) is 10.3 Å². The van der Waals surface area contributed by atoms with Gasteiger partial charge in [-0.15, -0.1) is 0 Å². The third-order valence-corrected chi connectivity index (χ3v) is 2.76. The summed E-state index contributed by atoms with van der Waals surface area (Å²) < 4.78 is 3.79. The lowest BCUT2D eigenvalue weighted by Gasteiger charge is -2.02. The number of benzene rings is 1. The van der Waals surface area contributed by atoms with Crippen LogP contribution in [0.25, 0.3) is 11.1 Å². The summed E-state index contributed by atoms with van der Waals surface area (Å²) in [5.41, 5.74) is 2.42. The molecule has 0 amide bonds. The van der Waals surface area contributed by atoms with Gasteiger partial charge in [-0.25, -0.2) is 4.98 Å². The second-order valence-electron chi connectivity index (χ2n) is 3.60. The number of halogens is 3. The van der Waals surface area contributed by atoms with Crippen LogP contribution < -0.4 is 5.32 Å². The number of hydrogen-bond acceptors (Lipinski definition) is 3. The van der Waals surface area contributed by atoms with Gasteiger partial charge in [0.2, 0.25) is 5.89 Å². The third kappa shape index (κ3) is 3.05. The molecule has 0 aliphatic heterocycles. The molecule has 0 aliphatic rings. The molecule has 0 saturated heterocycles. The van der Waals surface area contributed by atoms with E-state index < -0.39 is 3.79 Å². The molecule has 2 rings (SSSR count). The minimum absolute atomic E-state index is 0.0955. The Morgan fingerprint density at radius 1 is 1.35 bits per heavy atom. The maximum Gasteiger partial charge on any atom is 0.266 e. The predicted octanol–water partition coefficient (Wildman–Crippen LogP) is 3.76. The van der Waals surface area contributed by atoms with Crippen molar-refractivity contribution in [2.75, 3.05) is 6.54 Å². The van der Waals surface area contributed by atoms with Crippen LogP contribution in [-0.4, -0.2) is 11.5 Å². The summed E-state index contributed by atoms with van der Waals surface area (Å²) in [4.78, 5) is 4.12. The summed E-state index contributed by atoms with van der Waals surface area (Å²) in [6.45, 7) is 3.73. The van der Waals surface area contributed by atoms with Crippen LogP contribution in [-0.2, 0) is 10.3 Å². The molecule has 1 heterocycles. The van der Waals surface area contributed by atoms with Crippen molar-refractivity contribution in [2.24, 2.45) is 0 Å². The van der Waals surface area contributed by atoms with E-state index in [1.54, 1.807) is 0 Å². The maximum absolute atomic E-state index is 5.72. The minimum Gasteiger partial charge on any atom is -0.436 e. The summed E-state index contributed by atoms with van der Waals surface area (Å²) in [6.07, 6.45) is 0. The van der Waals surface area contributed by atoms with E-state index in [1.807, 2.05) is 25.1 Å². The molecule has 0 aliphatic carbocycles. The number of nitrogens with zero attached hydrogens (tertiary/aromatic N) is 1. The van der Waals surface area contributed by atoms with Crippen molar-refractivity contribution in [3.8, 4) is 0 Å². The van der Waals surface area contributed by atoms with Crippen LogP contribution in [0.15, 0.2) is 22.6 Å². The lowest BCUT2D eigenvalue weighted by atomic mass is 10.2. The first-order chi connectivity index (χ1) is 8.00. The SMILES string of the molecule is CCNCc1ccc2nc(C(Cl)(Cl)Cl)oc2c1. The van der Waals surface area contributed by atoms with Gasteiger partial charge in [0.1, 0.15) is 5.52 Å². The third-order valence-electron chi connectivity index (χ3n) is 2.27. The molecule has 1 aromatic carbocycles. The number of hydrogen-bond donors (Lipinski definition) is 1. The molecule has 17 heavy (non-hydrogen) atoms. The smallest absolute Gasteiger partial charge is 0.266 e. The number of nitrogens with one attached hydrogen (secondary N) is 1. The van der Waals surface area contributed by atoms with Crippen molar-refractivity contribution in [1.29, 1.82) is 0 Å². The highest BCUT2D eigenvalue weighted by Gasteiger charge is 2.29. The molecule has 0 atom stereocenters. The summed E-state index contributed by atoms with van der Waals surface area (Å²) in [5, 5.41) is 3.23. The molecular formula is C11H11Cl3N2O. The molecule has 6 heteroatoms. The zero-order chi connectivity index (χ0) is 12.5. The molecule has 0 bridgehead atoms. The molecule has 0 fully saturated rings. The monoisotopic (exact) mass is 292 g/mol. The fourth-order valence-corrected chi connectivity index (χ4v) is 1.71. The van der Waals surface area contributed by atoms with Gasteiger partial charge in [-0.2, -0.15) is 0 Å². The Morgan fingerprint density at radius 2 is 2.12 bits per heavy atom. The fraction of sp³-hybridized carbons (Fsp3) is 0.364. The van der Waals surface area contributed by atoms with Gasteiger partial charge in [-0.1, -0.05) is 47.8 Å². The van der Waals surface area contributed by atoms with Gasteiger partial charge in [-0.05, 0) is 24.2 Å². The average Bonchev–Trinajstić information content (AvgIpc) is 2.68. The molecule has 0 saturated carbocycles. The van der Waals surface area contributed by atoms with Crippen LogP contribution in [0, 0.1) is 0 Å². The normalized spacial score (nSPS) is 12.2. The van der Waals surface area contributed by atoms with E-state index >= 15 is 0 Å². The number of alkyl halides is 3. The van der Waals surface area contributed by atoms with E-state index in [0.29, 0.717) is 11.1 Å².